The van der Waals surface area contributed by atoms with Gasteiger partial charge < -0.3 is 18.8 Å². The lowest BCUT2D eigenvalue weighted by Gasteiger charge is -2.12. The summed E-state index contributed by atoms with van der Waals surface area (Å²) in [5, 5.41) is 4.06. The molecule has 0 atom stereocenters. The predicted molar refractivity (Wildman–Crippen MR) is 108 cm³/mol. The summed E-state index contributed by atoms with van der Waals surface area (Å²) in [7, 11) is 2.88. The molecule has 0 amide bonds. The van der Waals surface area contributed by atoms with Gasteiger partial charge in [-0.25, -0.2) is 0 Å². The van der Waals surface area contributed by atoms with Crippen LogP contribution < -0.4 is 24.2 Å². The van der Waals surface area contributed by atoms with Crippen molar-refractivity contribution in [1.82, 2.24) is 0 Å². The minimum absolute atomic E-state index is 0.459. The van der Waals surface area contributed by atoms with E-state index in [4.69, 9.17) is 18.8 Å². The number of ether oxygens (including phenoxy) is 2. The zero-order valence-electron chi connectivity index (χ0n) is 15.1. The molecule has 0 saturated heterocycles. The Labute approximate surface area is 157 Å². The molecule has 0 saturated carbocycles. The fraction of sp³-hybridized carbons (Fsp3) is 0.0909. The van der Waals surface area contributed by atoms with Crippen LogP contribution in [0.2, 0.25) is 0 Å². The number of fused-ring (bicyclic) bond motifs is 6. The third-order valence-corrected chi connectivity index (χ3v) is 4.96. The molecule has 1 aliphatic rings. The molecule has 0 aliphatic carbocycles. The van der Waals surface area contributed by atoms with Crippen LogP contribution in [0.4, 0.5) is 0 Å². The smallest absolute Gasteiger partial charge is 0.519 e. The van der Waals surface area contributed by atoms with E-state index in [0.29, 0.717) is 0 Å². The van der Waals surface area contributed by atoms with E-state index < -0.39 is 7.12 Å². The van der Waals surface area contributed by atoms with Gasteiger partial charge in [0.2, 0.25) is 0 Å². The van der Waals surface area contributed by atoms with Gasteiger partial charge in [-0.1, -0.05) is 30.3 Å². The molecule has 5 heteroatoms. The van der Waals surface area contributed by atoms with E-state index >= 15 is 0 Å². The number of benzene rings is 4. The van der Waals surface area contributed by atoms with Crippen LogP contribution >= 0.6 is 0 Å². The first-order valence-corrected chi connectivity index (χ1v) is 8.78. The van der Waals surface area contributed by atoms with Crippen LogP contribution in [0, 0.1) is 0 Å². The van der Waals surface area contributed by atoms with Gasteiger partial charge in [-0.3, -0.25) is 0 Å². The summed E-state index contributed by atoms with van der Waals surface area (Å²) in [6, 6.07) is 21.9. The molecule has 27 heavy (non-hydrogen) atoms. The van der Waals surface area contributed by atoms with Crippen molar-refractivity contribution in [3.8, 4) is 23.0 Å². The SMILES string of the molecule is COc1ccc2c3c(c4ccc(OC)cc4c2c1)OB(c1ccccc1)O3. The standard InChI is InChI=1S/C22H17BO4/c1-24-15-8-10-17-19(12-15)20-13-16(25-2)9-11-18(20)22-21(17)26-23(27-22)14-6-4-3-5-7-14/h3-13H,1-2H3. The number of rotatable bonds is 3. The molecule has 132 valence electrons. The summed E-state index contributed by atoms with van der Waals surface area (Å²) in [4.78, 5) is 0. The summed E-state index contributed by atoms with van der Waals surface area (Å²) in [6.45, 7) is 0. The quantitative estimate of drug-likeness (QED) is 0.408. The van der Waals surface area contributed by atoms with Crippen LogP contribution in [0.5, 0.6) is 23.0 Å². The Kier molecular flexibility index (Phi) is 3.61. The zero-order chi connectivity index (χ0) is 18.4. The molecule has 0 unspecified atom stereocenters. The van der Waals surface area contributed by atoms with Crippen molar-refractivity contribution >= 4 is 34.1 Å². The minimum atomic E-state index is -0.459. The molecular weight excluding hydrogens is 339 g/mol. The summed E-state index contributed by atoms with van der Waals surface area (Å²) in [5.41, 5.74) is 0.983. The molecule has 5 rings (SSSR count). The summed E-state index contributed by atoms with van der Waals surface area (Å²) in [6.07, 6.45) is 0. The molecule has 4 aromatic rings. The lowest BCUT2D eigenvalue weighted by molar-refractivity contribution is 0.415. The molecule has 0 N–H and O–H groups in total. The zero-order valence-corrected chi connectivity index (χ0v) is 15.1. The maximum absolute atomic E-state index is 6.25. The molecular formula is C22H17BO4. The number of hydrogen-bond donors (Lipinski definition) is 0. The van der Waals surface area contributed by atoms with E-state index in [0.717, 1.165) is 50.0 Å². The van der Waals surface area contributed by atoms with Crippen molar-refractivity contribution in [3.05, 3.63) is 66.7 Å². The van der Waals surface area contributed by atoms with Gasteiger partial charge in [0.05, 0.1) is 14.2 Å². The highest BCUT2D eigenvalue weighted by molar-refractivity contribution is 6.64. The number of methoxy groups -OCH3 is 2. The maximum Gasteiger partial charge on any atom is 0.632 e. The largest absolute Gasteiger partial charge is 0.632 e. The molecule has 0 spiro atoms. The van der Waals surface area contributed by atoms with Crippen molar-refractivity contribution in [1.29, 1.82) is 0 Å². The van der Waals surface area contributed by atoms with Gasteiger partial charge in [-0.2, -0.15) is 0 Å². The van der Waals surface area contributed by atoms with Crippen LogP contribution in [-0.4, -0.2) is 21.3 Å². The van der Waals surface area contributed by atoms with Gasteiger partial charge in [0.25, 0.3) is 0 Å². The van der Waals surface area contributed by atoms with E-state index in [1.807, 2.05) is 66.7 Å². The fourth-order valence-corrected chi connectivity index (χ4v) is 3.61. The summed E-state index contributed by atoms with van der Waals surface area (Å²) < 4.78 is 23.4. The van der Waals surface area contributed by atoms with Crippen LogP contribution in [-0.2, 0) is 0 Å². The van der Waals surface area contributed by atoms with E-state index in [-0.39, 0.29) is 0 Å². The van der Waals surface area contributed by atoms with Gasteiger partial charge >= 0.3 is 7.12 Å². The van der Waals surface area contributed by atoms with Crippen molar-refractivity contribution < 1.29 is 18.8 Å². The number of hydrogen-bond acceptors (Lipinski definition) is 4. The minimum Gasteiger partial charge on any atom is -0.519 e. The van der Waals surface area contributed by atoms with Crippen molar-refractivity contribution in [3.63, 3.8) is 0 Å². The van der Waals surface area contributed by atoms with Crippen LogP contribution in [0.15, 0.2) is 66.7 Å². The van der Waals surface area contributed by atoms with E-state index in [2.05, 4.69) is 0 Å². The Hall–Kier alpha value is -3.34. The highest BCUT2D eigenvalue weighted by atomic mass is 16.6. The second kappa shape index (κ2) is 6.13. The average molecular weight is 356 g/mol. The second-order valence-electron chi connectivity index (χ2n) is 6.46. The van der Waals surface area contributed by atoms with Crippen LogP contribution in [0.1, 0.15) is 0 Å². The van der Waals surface area contributed by atoms with Gasteiger partial charge in [0, 0.05) is 16.2 Å². The first-order valence-electron chi connectivity index (χ1n) is 8.78. The predicted octanol–water partition coefficient (Wildman–Crippen LogP) is 4.18. The molecule has 0 fully saturated rings. The van der Waals surface area contributed by atoms with E-state index in [1.165, 1.54) is 0 Å². The Morgan fingerprint density at radius 2 is 1.15 bits per heavy atom. The highest BCUT2D eigenvalue weighted by Crippen LogP contribution is 2.48. The molecule has 4 aromatic carbocycles. The van der Waals surface area contributed by atoms with Crippen molar-refractivity contribution in [2.75, 3.05) is 14.2 Å². The Balaban J connectivity index is 1.78. The molecule has 0 radical (unpaired) electrons. The molecule has 1 aliphatic heterocycles. The normalized spacial score (nSPS) is 12.6. The molecule has 0 bridgehead atoms. The Morgan fingerprint density at radius 1 is 0.630 bits per heavy atom. The second-order valence-corrected chi connectivity index (χ2v) is 6.46. The molecule has 0 aromatic heterocycles. The van der Waals surface area contributed by atoms with Crippen LogP contribution in [0.25, 0.3) is 21.5 Å². The summed E-state index contributed by atoms with van der Waals surface area (Å²) >= 11 is 0. The Morgan fingerprint density at radius 3 is 1.63 bits per heavy atom. The molecule has 4 nitrogen and oxygen atoms in total. The van der Waals surface area contributed by atoms with Gasteiger partial charge in [-0.05, 0) is 47.2 Å². The third kappa shape index (κ3) is 2.46. The lowest BCUT2D eigenvalue weighted by Crippen LogP contribution is -2.38. The summed E-state index contributed by atoms with van der Waals surface area (Å²) in [5.74, 6) is 3.12. The van der Waals surface area contributed by atoms with E-state index in [1.54, 1.807) is 14.2 Å². The topological polar surface area (TPSA) is 36.9 Å². The van der Waals surface area contributed by atoms with Crippen molar-refractivity contribution in [2.24, 2.45) is 0 Å². The lowest BCUT2D eigenvalue weighted by atomic mass is 9.79. The third-order valence-electron chi connectivity index (χ3n) is 4.96. The van der Waals surface area contributed by atoms with Gasteiger partial charge in [-0.15, -0.1) is 0 Å². The first-order chi connectivity index (χ1) is 13.3. The maximum atomic E-state index is 6.25. The van der Waals surface area contributed by atoms with Gasteiger partial charge in [0.1, 0.15) is 11.5 Å². The fourth-order valence-electron chi connectivity index (χ4n) is 3.61. The van der Waals surface area contributed by atoms with Gasteiger partial charge in [0.15, 0.2) is 11.5 Å². The highest BCUT2D eigenvalue weighted by Gasteiger charge is 2.36. The van der Waals surface area contributed by atoms with E-state index in [9.17, 15) is 0 Å². The monoisotopic (exact) mass is 356 g/mol. The first kappa shape index (κ1) is 15.9. The Bertz CT molecular complexity index is 1080. The van der Waals surface area contributed by atoms with Crippen LogP contribution in [0.3, 0.4) is 0 Å². The average Bonchev–Trinajstić information content (AvgIpc) is 3.19. The van der Waals surface area contributed by atoms with Crippen molar-refractivity contribution in [2.45, 2.75) is 0 Å². The molecule has 1 heterocycles.